The van der Waals surface area contributed by atoms with Crippen LogP contribution in [-0.4, -0.2) is 18.9 Å². The van der Waals surface area contributed by atoms with Gasteiger partial charge >= 0.3 is 5.97 Å². The predicted molar refractivity (Wildman–Crippen MR) is 75.3 cm³/mol. The van der Waals surface area contributed by atoms with E-state index in [-0.39, 0.29) is 17.3 Å². The number of ketones is 1. The van der Waals surface area contributed by atoms with Crippen molar-refractivity contribution in [3.05, 3.63) is 56.4 Å². The molecule has 1 heterocycles. The molecule has 0 aliphatic carbocycles. The molecule has 6 heteroatoms. The van der Waals surface area contributed by atoms with E-state index in [1.54, 1.807) is 18.2 Å². The quantitative estimate of drug-likeness (QED) is 0.593. The minimum atomic E-state index is -0.617. The summed E-state index contributed by atoms with van der Waals surface area (Å²) in [4.78, 5) is 23.5. The van der Waals surface area contributed by atoms with Crippen LogP contribution in [0.15, 0.2) is 43.7 Å². The summed E-state index contributed by atoms with van der Waals surface area (Å²) >= 11 is 6.62. The Morgan fingerprint density at radius 2 is 1.79 bits per heavy atom. The molecule has 0 radical (unpaired) electrons. The number of carbonyl (C=O) groups is 2. The summed E-state index contributed by atoms with van der Waals surface area (Å²) < 4.78 is 11.2. The summed E-state index contributed by atoms with van der Waals surface area (Å²) in [7, 11) is 1.25. The van der Waals surface area contributed by atoms with E-state index < -0.39 is 5.97 Å². The van der Waals surface area contributed by atoms with Crippen molar-refractivity contribution in [2.45, 2.75) is 0 Å². The van der Waals surface area contributed by atoms with Crippen LogP contribution < -0.4 is 0 Å². The van der Waals surface area contributed by atoms with Gasteiger partial charge in [0.2, 0.25) is 11.5 Å². The van der Waals surface area contributed by atoms with Crippen LogP contribution in [0.1, 0.15) is 26.7 Å². The van der Waals surface area contributed by atoms with Crippen molar-refractivity contribution in [3.63, 3.8) is 0 Å². The Hall–Kier alpha value is -1.40. The highest BCUT2D eigenvalue weighted by molar-refractivity contribution is 9.11. The number of carbonyl (C=O) groups excluding carboxylic acids is 2. The first-order valence-corrected chi connectivity index (χ1v) is 6.79. The van der Waals surface area contributed by atoms with Gasteiger partial charge in [-0.2, -0.15) is 0 Å². The predicted octanol–water partition coefficient (Wildman–Crippen LogP) is 3.82. The zero-order valence-electron chi connectivity index (χ0n) is 9.78. The average molecular weight is 388 g/mol. The molecule has 0 N–H and O–H groups in total. The van der Waals surface area contributed by atoms with Gasteiger partial charge in [0.1, 0.15) is 0 Å². The Bertz CT molecular complexity index is 646. The van der Waals surface area contributed by atoms with Gasteiger partial charge in [-0.25, -0.2) is 4.79 Å². The molecule has 0 saturated carbocycles. The molecule has 0 aliphatic heterocycles. The van der Waals surface area contributed by atoms with E-state index in [1.165, 1.54) is 19.2 Å². The van der Waals surface area contributed by atoms with Crippen molar-refractivity contribution in [2.75, 3.05) is 7.11 Å². The highest BCUT2D eigenvalue weighted by Crippen LogP contribution is 2.25. The summed E-state index contributed by atoms with van der Waals surface area (Å²) in [5, 5.41) is 0. The van der Waals surface area contributed by atoms with Crippen LogP contribution >= 0.6 is 31.9 Å². The van der Waals surface area contributed by atoms with Crippen molar-refractivity contribution < 1.29 is 18.7 Å². The third-order valence-electron chi connectivity index (χ3n) is 2.39. The van der Waals surface area contributed by atoms with Crippen molar-refractivity contribution in [2.24, 2.45) is 0 Å². The van der Waals surface area contributed by atoms with Crippen LogP contribution in [0.3, 0.4) is 0 Å². The zero-order valence-corrected chi connectivity index (χ0v) is 12.9. The lowest BCUT2D eigenvalue weighted by molar-refractivity contribution is 0.0563. The molecule has 2 rings (SSSR count). The molecule has 2 aromatic rings. The van der Waals surface area contributed by atoms with Gasteiger partial charge in [-0.1, -0.05) is 15.9 Å². The van der Waals surface area contributed by atoms with Gasteiger partial charge in [-0.3, -0.25) is 4.79 Å². The Labute approximate surface area is 126 Å². The Balaban J connectivity index is 2.34. The lowest BCUT2D eigenvalue weighted by Crippen LogP contribution is -2.02. The van der Waals surface area contributed by atoms with E-state index in [1.807, 2.05) is 0 Å². The normalized spacial score (nSPS) is 10.3. The van der Waals surface area contributed by atoms with Gasteiger partial charge in [-0.05, 0) is 46.3 Å². The van der Waals surface area contributed by atoms with Crippen LogP contribution in [0, 0.1) is 0 Å². The maximum atomic E-state index is 12.2. The summed E-state index contributed by atoms with van der Waals surface area (Å²) in [6.07, 6.45) is 0. The molecule has 0 saturated heterocycles. The van der Waals surface area contributed by atoms with Crippen molar-refractivity contribution in [1.29, 1.82) is 0 Å². The van der Waals surface area contributed by atoms with E-state index in [4.69, 9.17) is 4.42 Å². The fourth-order valence-corrected chi connectivity index (χ4v) is 2.70. The molecule has 0 fully saturated rings. The monoisotopic (exact) mass is 386 g/mol. The largest absolute Gasteiger partial charge is 0.463 e. The number of ether oxygens (including phenoxy) is 1. The minimum absolute atomic E-state index is 0.000848. The Morgan fingerprint density at radius 1 is 1.11 bits per heavy atom. The van der Waals surface area contributed by atoms with E-state index in [0.29, 0.717) is 10.0 Å². The third kappa shape index (κ3) is 2.96. The molecule has 0 aliphatic rings. The topological polar surface area (TPSA) is 56.5 Å². The SMILES string of the molecule is COC(=O)c1ccc(C(=O)c2ccc(Br)cc2Br)o1. The van der Waals surface area contributed by atoms with E-state index in [2.05, 4.69) is 36.6 Å². The molecule has 1 aromatic heterocycles. The van der Waals surface area contributed by atoms with Crippen LogP contribution in [0.4, 0.5) is 0 Å². The van der Waals surface area contributed by atoms with E-state index >= 15 is 0 Å². The number of rotatable bonds is 3. The zero-order chi connectivity index (χ0) is 14.0. The van der Waals surface area contributed by atoms with Gasteiger partial charge in [0.05, 0.1) is 7.11 Å². The number of halogens is 2. The first-order chi connectivity index (χ1) is 9.02. The second-order valence-electron chi connectivity index (χ2n) is 3.61. The fraction of sp³-hybridized carbons (Fsp3) is 0.0769. The molecular formula is C13H8Br2O4. The number of hydrogen-bond acceptors (Lipinski definition) is 4. The maximum Gasteiger partial charge on any atom is 0.373 e. The lowest BCUT2D eigenvalue weighted by atomic mass is 10.1. The maximum absolute atomic E-state index is 12.2. The smallest absolute Gasteiger partial charge is 0.373 e. The van der Waals surface area contributed by atoms with Gasteiger partial charge in [0, 0.05) is 14.5 Å². The van der Waals surface area contributed by atoms with Gasteiger partial charge in [-0.15, -0.1) is 0 Å². The number of methoxy groups -OCH3 is 1. The van der Waals surface area contributed by atoms with Crippen LogP contribution in [0.25, 0.3) is 0 Å². The summed E-state index contributed by atoms with van der Waals surface area (Å²) in [5.74, 6) is -0.842. The molecule has 0 bridgehead atoms. The molecule has 0 unspecified atom stereocenters. The number of hydrogen-bond donors (Lipinski definition) is 0. The molecule has 1 aromatic carbocycles. The molecule has 0 spiro atoms. The number of furan rings is 1. The van der Waals surface area contributed by atoms with Crippen molar-refractivity contribution in [1.82, 2.24) is 0 Å². The second-order valence-corrected chi connectivity index (χ2v) is 5.38. The highest BCUT2D eigenvalue weighted by Gasteiger charge is 2.19. The Kier molecular flexibility index (Phi) is 4.21. The molecule has 98 valence electrons. The Morgan fingerprint density at radius 3 is 2.42 bits per heavy atom. The first kappa shape index (κ1) is 14.0. The lowest BCUT2D eigenvalue weighted by Gasteiger charge is -2.02. The number of benzene rings is 1. The molecule has 4 nitrogen and oxygen atoms in total. The highest BCUT2D eigenvalue weighted by atomic mass is 79.9. The van der Waals surface area contributed by atoms with Gasteiger partial charge < -0.3 is 9.15 Å². The molecular weight excluding hydrogens is 380 g/mol. The van der Waals surface area contributed by atoms with Gasteiger partial charge in [0.15, 0.2) is 5.76 Å². The van der Waals surface area contributed by atoms with Crippen molar-refractivity contribution >= 4 is 43.6 Å². The average Bonchev–Trinajstić information content (AvgIpc) is 2.86. The fourth-order valence-electron chi connectivity index (χ4n) is 1.48. The van der Waals surface area contributed by atoms with Crippen molar-refractivity contribution in [3.8, 4) is 0 Å². The molecule has 0 amide bonds. The standard InChI is InChI=1S/C13H8Br2O4/c1-18-13(17)11-5-4-10(19-11)12(16)8-3-2-7(14)6-9(8)15/h2-6H,1H3. The minimum Gasteiger partial charge on any atom is -0.463 e. The number of esters is 1. The van der Waals surface area contributed by atoms with Crippen LogP contribution in [0.5, 0.6) is 0 Å². The summed E-state index contributed by atoms with van der Waals surface area (Å²) in [6.45, 7) is 0. The van der Waals surface area contributed by atoms with E-state index in [0.717, 1.165) is 4.47 Å². The second kappa shape index (κ2) is 5.71. The van der Waals surface area contributed by atoms with E-state index in [9.17, 15) is 9.59 Å². The third-order valence-corrected chi connectivity index (χ3v) is 3.54. The van der Waals surface area contributed by atoms with Crippen LogP contribution in [0.2, 0.25) is 0 Å². The molecule has 0 atom stereocenters. The van der Waals surface area contributed by atoms with Crippen LogP contribution in [-0.2, 0) is 4.74 Å². The van der Waals surface area contributed by atoms with Gasteiger partial charge in [0.25, 0.3) is 0 Å². The molecule has 19 heavy (non-hydrogen) atoms. The first-order valence-electron chi connectivity index (χ1n) is 5.21. The summed E-state index contributed by atoms with van der Waals surface area (Å²) in [6, 6.07) is 8.03. The summed E-state index contributed by atoms with van der Waals surface area (Å²) in [5.41, 5.74) is 0.453.